The largest absolute Gasteiger partial charge is 0.349 e. The third kappa shape index (κ3) is 4.30. The van der Waals surface area contributed by atoms with Gasteiger partial charge in [-0.15, -0.1) is 11.3 Å². The molecule has 1 fully saturated rings. The van der Waals surface area contributed by atoms with Crippen LogP contribution in [0.25, 0.3) is 0 Å². The van der Waals surface area contributed by atoms with Gasteiger partial charge in [0.1, 0.15) is 4.88 Å². The Morgan fingerprint density at radius 1 is 1.30 bits per heavy atom. The van der Waals surface area contributed by atoms with E-state index in [-0.39, 0.29) is 5.91 Å². The van der Waals surface area contributed by atoms with Crippen LogP contribution in [0.5, 0.6) is 0 Å². The molecule has 112 valence electrons. The van der Waals surface area contributed by atoms with Crippen molar-refractivity contribution in [2.75, 3.05) is 0 Å². The minimum absolute atomic E-state index is 0.0851. The van der Waals surface area contributed by atoms with E-state index in [1.165, 1.54) is 25.7 Å². The first-order chi connectivity index (χ1) is 9.56. The minimum atomic E-state index is 0.0851. The Labute approximate surface area is 126 Å². The lowest BCUT2D eigenvalue weighted by atomic mass is 10.1. The van der Waals surface area contributed by atoms with Gasteiger partial charge in [-0.2, -0.15) is 0 Å². The molecule has 1 N–H and O–H groups in total. The molecule has 2 rings (SSSR count). The maximum absolute atomic E-state index is 12.4. The zero-order valence-corrected chi connectivity index (χ0v) is 13.7. The molecule has 1 aromatic rings. The number of hydrogen-bond donors (Lipinski definition) is 1. The third-order valence-electron chi connectivity index (χ3n) is 3.82. The van der Waals surface area contributed by atoms with E-state index in [9.17, 15) is 4.79 Å². The second kappa shape index (κ2) is 7.21. The first-order valence-electron chi connectivity index (χ1n) is 7.83. The van der Waals surface area contributed by atoms with Gasteiger partial charge in [0.15, 0.2) is 0 Å². The molecule has 1 saturated carbocycles. The quantitative estimate of drug-likeness (QED) is 0.849. The summed E-state index contributed by atoms with van der Waals surface area (Å²) in [6.07, 6.45) is 8.32. The summed E-state index contributed by atoms with van der Waals surface area (Å²) in [7, 11) is 0. The summed E-state index contributed by atoms with van der Waals surface area (Å²) < 4.78 is 0. The Morgan fingerprint density at radius 2 is 1.95 bits per heavy atom. The van der Waals surface area contributed by atoms with Crippen LogP contribution in [0.1, 0.15) is 72.7 Å². The molecule has 1 heterocycles. The fraction of sp³-hybridized carbons (Fsp3) is 0.750. The maximum Gasteiger partial charge on any atom is 0.263 e. The van der Waals surface area contributed by atoms with Crippen LogP contribution in [-0.2, 0) is 6.42 Å². The summed E-state index contributed by atoms with van der Waals surface area (Å²) in [5, 5.41) is 4.30. The Morgan fingerprint density at radius 3 is 2.55 bits per heavy atom. The van der Waals surface area contributed by atoms with Gasteiger partial charge < -0.3 is 5.32 Å². The number of nitrogens with one attached hydrogen (secondary N) is 1. The number of nitrogens with zero attached hydrogens (tertiary/aromatic N) is 1. The SMILES string of the molecule is Cc1nc(CC(C)C)sc1C(=O)NC1CCCCCC1. The Balaban J connectivity index is 1.99. The van der Waals surface area contributed by atoms with Gasteiger partial charge in [-0.05, 0) is 25.7 Å². The van der Waals surface area contributed by atoms with Crippen LogP contribution in [0, 0.1) is 12.8 Å². The summed E-state index contributed by atoms with van der Waals surface area (Å²) in [5.41, 5.74) is 0.886. The Bertz CT molecular complexity index is 445. The predicted octanol–water partition coefficient (Wildman–Crippen LogP) is 4.10. The number of amides is 1. The van der Waals surface area contributed by atoms with Crippen molar-refractivity contribution >= 4 is 17.2 Å². The molecule has 0 radical (unpaired) electrons. The third-order valence-corrected chi connectivity index (χ3v) is 5.00. The van der Waals surface area contributed by atoms with Gasteiger partial charge in [0, 0.05) is 12.5 Å². The number of carbonyl (C=O) groups excluding carboxylic acids is 1. The lowest BCUT2D eigenvalue weighted by Crippen LogP contribution is -2.34. The van der Waals surface area contributed by atoms with E-state index >= 15 is 0 Å². The highest BCUT2D eigenvalue weighted by Gasteiger charge is 2.20. The molecule has 1 aromatic heterocycles. The first kappa shape index (κ1) is 15.5. The fourth-order valence-corrected chi connectivity index (χ4v) is 3.95. The van der Waals surface area contributed by atoms with Crippen molar-refractivity contribution in [1.29, 1.82) is 0 Å². The normalized spacial score (nSPS) is 17.2. The van der Waals surface area contributed by atoms with Crippen molar-refractivity contribution in [3.8, 4) is 0 Å². The average molecular weight is 294 g/mol. The highest BCUT2D eigenvalue weighted by atomic mass is 32.1. The summed E-state index contributed by atoms with van der Waals surface area (Å²) in [6, 6.07) is 0.361. The Hall–Kier alpha value is -0.900. The molecule has 4 heteroatoms. The molecule has 0 bridgehead atoms. The highest BCUT2D eigenvalue weighted by Crippen LogP contribution is 2.22. The first-order valence-corrected chi connectivity index (χ1v) is 8.65. The second-order valence-electron chi connectivity index (χ2n) is 6.28. The number of hydrogen-bond acceptors (Lipinski definition) is 3. The van der Waals surface area contributed by atoms with Crippen LogP contribution >= 0.6 is 11.3 Å². The molecule has 0 unspecified atom stereocenters. The molecule has 3 nitrogen and oxygen atoms in total. The van der Waals surface area contributed by atoms with E-state index in [1.807, 2.05) is 6.92 Å². The summed E-state index contributed by atoms with van der Waals surface area (Å²) in [5.74, 6) is 0.667. The fourth-order valence-electron chi connectivity index (χ4n) is 2.77. The van der Waals surface area contributed by atoms with Crippen LogP contribution in [-0.4, -0.2) is 16.9 Å². The van der Waals surface area contributed by atoms with Gasteiger partial charge in [-0.3, -0.25) is 4.79 Å². The van der Waals surface area contributed by atoms with Crippen molar-refractivity contribution in [2.45, 2.75) is 71.8 Å². The molecular formula is C16H26N2OS. The van der Waals surface area contributed by atoms with Crippen LogP contribution in [0.2, 0.25) is 0 Å². The van der Waals surface area contributed by atoms with Gasteiger partial charge in [0.05, 0.1) is 10.7 Å². The van der Waals surface area contributed by atoms with Gasteiger partial charge in [-0.25, -0.2) is 4.98 Å². The molecule has 20 heavy (non-hydrogen) atoms. The number of thiazole rings is 1. The van der Waals surface area contributed by atoms with Crippen LogP contribution in [0.4, 0.5) is 0 Å². The molecular weight excluding hydrogens is 268 g/mol. The summed E-state index contributed by atoms with van der Waals surface area (Å²) in [4.78, 5) is 17.8. The molecule has 0 aromatic carbocycles. The molecule has 1 amide bonds. The molecule has 0 saturated heterocycles. The van der Waals surface area contributed by atoms with Gasteiger partial charge >= 0.3 is 0 Å². The van der Waals surface area contributed by atoms with Crippen molar-refractivity contribution in [3.63, 3.8) is 0 Å². The van der Waals surface area contributed by atoms with Crippen LogP contribution in [0.15, 0.2) is 0 Å². The lowest BCUT2D eigenvalue weighted by molar-refractivity contribution is 0.0936. The summed E-state index contributed by atoms with van der Waals surface area (Å²) >= 11 is 1.57. The molecule has 0 atom stereocenters. The number of rotatable bonds is 4. The second-order valence-corrected chi connectivity index (χ2v) is 7.37. The monoisotopic (exact) mass is 294 g/mol. The smallest absolute Gasteiger partial charge is 0.263 e. The van der Waals surface area contributed by atoms with E-state index in [1.54, 1.807) is 11.3 Å². The van der Waals surface area contributed by atoms with E-state index < -0.39 is 0 Å². The van der Waals surface area contributed by atoms with Gasteiger partial charge in [0.25, 0.3) is 5.91 Å². The van der Waals surface area contributed by atoms with E-state index in [4.69, 9.17) is 0 Å². The van der Waals surface area contributed by atoms with Crippen molar-refractivity contribution < 1.29 is 4.79 Å². The topological polar surface area (TPSA) is 42.0 Å². The van der Waals surface area contributed by atoms with Crippen molar-refractivity contribution in [3.05, 3.63) is 15.6 Å². The number of aromatic nitrogens is 1. The molecule has 0 spiro atoms. The maximum atomic E-state index is 12.4. The number of aryl methyl sites for hydroxylation is 1. The van der Waals surface area contributed by atoms with E-state index in [2.05, 4.69) is 24.1 Å². The zero-order chi connectivity index (χ0) is 14.5. The Kier molecular flexibility index (Phi) is 5.58. The van der Waals surface area contributed by atoms with Crippen molar-refractivity contribution in [2.24, 2.45) is 5.92 Å². The molecule has 1 aliphatic rings. The zero-order valence-electron chi connectivity index (χ0n) is 12.9. The molecule has 1 aliphatic carbocycles. The van der Waals surface area contributed by atoms with Crippen molar-refractivity contribution in [1.82, 2.24) is 10.3 Å². The van der Waals surface area contributed by atoms with Crippen LogP contribution in [0.3, 0.4) is 0 Å². The van der Waals surface area contributed by atoms with E-state index in [0.29, 0.717) is 12.0 Å². The minimum Gasteiger partial charge on any atom is -0.349 e. The average Bonchev–Trinajstić information content (AvgIpc) is 2.59. The van der Waals surface area contributed by atoms with Gasteiger partial charge in [-0.1, -0.05) is 39.5 Å². The number of carbonyl (C=O) groups is 1. The summed E-state index contributed by atoms with van der Waals surface area (Å²) in [6.45, 7) is 6.31. The highest BCUT2D eigenvalue weighted by molar-refractivity contribution is 7.13. The molecule has 0 aliphatic heterocycles. The predicted molar refractivity (Wildman–Crippen MR) is 84.3 cm³/mol. The standard InChI is InChI=1S/C16H26N2OS/c1-11(2)10-14-17-12(3)15(20-14)16(19)18-13-8-6-4-5-7-9-13/h11,13H,4-10H2,1-3H3,(H,18,19). The van der Waals surface area contributed by atoms with E-state index in [0.717, 1.165) is 34.8 Å². The van der Waals surface area contributed by atoms with Gasteiger partial charge in [0.2, 0.25) is 0 Å². The lowest BCUT2D eigenvalue weighted by Gasteiger charge is -2.15. The van der Waals surface area contributed by atoms with Crippen LogP contribution < -0.4 is 5.32 Å².